The van der Waals surface area contributed by atoms with Crippen LogP contribution in [0.5, 0.6) is 5.75 Å². The number of hydrogen-bond acceptors (Lipinski definition) is 1. The molecule has 4 aromatic rings. The highest BCUT2D eigenvalue weighted by atomic mass is 19.4. The summed E-state index contributed by atoms with van der Waals surface area (Å²) in [6, 6.07) is 8.78. The van der Waals surface area contributed by atoms with Gasteiger partial charge in [-0.3, -0.25) is 0 Å². The number of ether oxygens (including phenoxy) is 1. The molecule has 0 aliphatic rings. The Labute approximate surface area is 193 Å². The van der Waals surface area contributed by atoms with Gasteiger partial charge in [-0.15, -0.1) is 0 Å². The van der Waals surface area contributed by atoms with E-state index in [1.165, 1.54) is 18.2 Å². The van der Waals surface area contributed by atoms with E-state index in [1.807, 2.05) is 0 Å². The molecule has 4 aromatic carbocycles. The molecule has 0 aliphatic carbocycles. The molecule has 0 aromatic heterocycles. The average Bonchev–Trinajstić information content (AvgIpc) is 2.76. The summed E-state index contributed by atoms with van der Waals surface area (Å²) in [6.07, 6.45) is -3.81. The Morgan fingerprint density at radius 2 is 1.43 bits per heavy atom. The Morgan fingerprint density at radius 3 is 2.03 bits per heavy atom. The van der Waals surface area contributed by atoms with E-state index in [4.69, 9.17) is 4.74 Å². The van der Waals surface area contributed by atoms with Crippen LogP contribution in [0.4, 0.5) is 35.1 Å². The second kappa shape index (κ2) is 9.05. The minimum Gasteiger partial charge on any atom is -0.489 e. The molecule has 0 bridgehead atoms. The Balaban J connectivity index is 1.77. The summed E-state index contributed by atoms with van der Waals surface area (Å²) in [5.74, 6) is -6.52. The van der Waals surface area contributed by atoms with Crippen LogP contribution in [0.3, 0.4) is 0 Å². The van der Waals surface area contributed by atoms with Crippen LogP contribution in [0.25, 0.3) is 33.0 Å². The van der Waals surface area contributed by atoms with Crippen molar-refractivity contribution >= 4 is 10.8 Å². The molecule has 0 radical (unpaired) electrons. The maximum atomic E-state index is 14.9. The van der Waals surface area contributed by atoms with E-state index in [-0.39, 0.29) is 34.4 Å². The molecule has 0 N–H and O–H groups in total. The van der Waals surface area contributed by atoms with Gasteiger partial charge in [-0.25, -0.2) is 22.0 Å². The average molecular weight is 494 g/mol. The Hall–Kier alpha value is -3.88. The maximum absolute atomic E-state index is 14.9. The molecule has 1 nitrogen and oxygen atoms in total. The largest absolute Gasteiger partial charge is 0.489 e. The van der Waals surface area contributed by atoms with Gasteiger partial charge in [0.2, 0.25) is 0 Å². The fourth-order valence-corrected chi connectivity index (χ4v) is 3.72. The molecular weight excluding hydrogens is 480 g/mol. The topological polar surface area (TPSA) is 9.23 Å². The number of halogens is 8. The lowest BCUT2D eigenvalue weighted by molar-refractivity contribution is -0.142. The van der Waals surface area contributed by atoms with Gasteiger partial charge in [0, 0.05) is 17.0 Å². The van der Waals surface area contributed by atoms with Crippen LogP contribution in [0.15, 0.2) is 67.3 Å². The van der Waals surface area contributed by atoms with Crippen molar-refractivity contribution in [2.24, 2.45) is 0 Å². The first-order chi connectivity index (χ1) is 16.5. The zero-order chi connectivity index (χ0) is 25.5. The molecule has 0 spiro atoms. The van der Waals surface area contributed by atoms with Crippen LogP contribution >= 0.6 is 0 Å². The first kappa shape index (κ1) is 24.3. The van der Waals surface area contributed by atoms with Crippen molar-refractivity contribution in [1.29, 1.82) is 0 Å². The highest BCUT2D eigenvalue weighted by molar-refractivity contribution is 5.89. The second-order valence-corrected chi connectivity index (χ2v) is 7.54. The minimum absolute atomic E-state index is 0.109. The highest BCUT2D eigenvalue weighted by Gasteiger charge is 2.38. The smallest absolute Gasteiger partial charge is 0.422 e. The van der Waals surface area contributed by atoms with E-state index in [1.54, 1.807) is 0 Å². The van der Waals surface area contributed by atoms with Crippen LogP contribution in [0, 0.1) is 29.1 Å². The number of alkyl halides is 3. The third-order valence-electron chi connectivity index (χ3n) is 5.26. The third kappa shape index (κ3) is 4.58. The Kier molecular flexibility index (Phi) is 6.27. The van der Waals surface area contributed by atoms with E-state index in [9.17, 15) is 35.1 Å². The molecular formula is C26H14F8O. The van der Waals surface area contributed by atoms with Gasteiger partial charge < -0.3 is 4.74 Å². The molecule has 0 saturated carbocycles. The lowest BCUT2D eigenvalue weighted by Crippen LogP contribution is -2.11. The number of benzene rings is 4. The van der Waals surface area contributed by atoms with Crippen LogP contribution < -0.4 is 4.74 Å². The summed E-state index contributed by atoms with van der Waals surface area (Å²) in [6.45, 7) is 3.60. The SMILES string of the molecule is C=CCOc1ccc(-c2cc(F)c(-c3ccc4c(F)c(C(F)(F)F)c(F)cc4c3)c(F)c2)c(F)c1. The summed E-state index contributed by atoms with van der Waals surface area (Å²) in [5, 5.41) is -0.893. The van der Waals surface area contributed by atoms with Crippen LogP contribution in [0.2, 0.25) is 0 Å². The van der Waals surface area contributed by atoms with E-state index in [0.717, 1.165) is 36.4 Å². The van der Waals surface area contributed by atoms with E-state index in [0.29, 0.717) is 6.07 Å². The van der Waals surface area contributed by atoms with Crippen LogP contribution in [-0.4, -0.2) is 6.61 Å². The van der Waals surface area contributed by atoms with Gasteiger partial charge in [-0.1, -0.05) is 24.8 Å². The summed E-state index contributed by atoms with van der Waals surface area (Å²) in [4.78, 5) is 0. The van der Waals surface area contributed by atoms with Crippen molar-refractivity contribution in [3.63, 3.8) is 0 Å². The Bertz CT molecular complexity index is 1430. The highest BCUT2D eigenvalue weighted by Crippen LogP contribution is 2.39. The van der Waals surface area contributed by atoms with Crippen molar-refractivity contribution in [1.82, 2.24) is 0 Å². The van der Waals surface area contributed by atoms with Crippen molar-refractivity contribution in [3.05, 3.63) is 102 Å². The molecule has 9 heteroatoms. The molecule has 0 atom stereocenters. The fourth-order valence-electron chi connectivity index (χ4n) is 3.72. The zero-order valence-electron chi connectivity index (χ0n) is 17.6. The van der Waals surface area contributed by atoms with Gasteiger partial charge >= 0.3 is 6.18 Å². The molecule has 0 amide bonds. The van der Waals surface area contributed by atoms with Crippen LogP contribution in [0.1, 0.15) is 5.56 Å². The predicted molar refractivity (Wildman–Crippen MR) is 115 cm³/mol. The van der Waals surface area contributed by atoms with Crippen molar-refractivity contribution < 1.29 is 39.9 Å². The molecule has 0 saturated heterocycles. The monoisotopic (exact) mass is 494 g/mol. The molecule has 35 heavy (non-hydrogen) atoms. The Morgan fingerprint density at radius 1 is 0.743 bits per heavy atom. The quantitative estimate of drug-likeness (QED) is 0.200. The van der Waals surface area contributed by atoms with Crippen molar-refractivity contribution in [3.8, 4) is 28.0 Å². The lowest BCUT2D eigenvalue weighted by atomic mass is 9.96. The second-order valence-electron chi connectivity index (χ2n) is 7.54. The predicted octanol–water partition coefficient (Wildman–Crippen LogP) is 8.45. The zero-order valence-corrected chi connectivity index (χ0v) is 17.6. The summed E-state index contributed by atoms with van der Waals surface area (Å²) in [7, 11) is 0. The van der Waals surface area contributed by atoms with Gasteiger partial charge in [-0.2, -0.15) is 13.2 Å². The van der Waals surface area contributed by atoms with Gasteiger partial charge in [-0.05, 0) is 52.9 Å². The number of hydrogen-bond donors (Lipinski definition) is 0. The molecule has 0 aliphatic heterocycles. The molecule has 0 fully saturated rings. The van der Waals surface area contributed by atoms with Gasteiger partial charge in [0.25, 0.3) is 0 Å². The van der Waals surface area contributed by atoms with Crippen LogP contribution in [-0.2, 0) is 6.18 Å². The number of rotatable bonds is 5. The molecule has 0 heterocycles. The van der Waals surface area contributed by atoms with E-state index in [2.05, 4.69) is 6.58 Å². The molecule has 180 valence electrons. The van der Waals surface area contributed by atoms with Gasteiger partial charge in [0.15, 0.2) is 0 Å². The van der Waals surface area contributed by atoms with Crippen molar-refractivity contribution in [2.75, 3.05) is 6.61 Å². The first-order valence-electron chi connectivity index (χ1n) is 10.0. The summed E-state index contributed by atoms with van der Waals surface area (Å²) >= 11 is 0. The van der Waals surface area contributed by atoms with Gasteiger partial charge in [0.05, 0.1) is 5.56 Å². The molecule has 0 unspecified atom stereocenters. The first-order valence-corrected chi connectivity index (χ1v) is 10.0. The fraction of sp³-hybridized carbons (Fsp3) is 0.0769. The van der Waals surface area contributed by atoms with E-state index >= 15 is 0 Å². The maximum Gasteiger partial charge on any atom is 0.422 e. The third-order valence-corrected chi connectivity index (χ3v) is 5.26. The van der Waals surface area contributed by atoms with Crippen molar-refractivity contribution in [2.45, 2.75) is 6.18 Å². The summed E-state index contributed by atoms with van der Waals surface area (Å²) in [5.41, 5.74) is -3.05. The normalized spacial score (nSPS) is 11.7. The lowest BCUT2D eigenvalue weighted by Gasteiger charge is -2.13. The standard InChI is InChI=1S/C26H14F8O/c1-2-7-35-16-4-6-17(19(27)12-16)15-9-20(28)23(21(29)10-15)13-3-5-18-14(8-13)11-22(30)24(25(18)31)26(32,33)34/h2-6,8-12H,1,7H2. The van der Waals surface area contributed by atoms with Gasteiger partial charge in [0.1, 0.15) is 47.0 Å². The minimum atomic E-state index is -5.26. The number of fused-ring (bicyclic) bond motifs is 1. The summed E-state index contributed by atoms with van der Waals surface area (Å²) < 4.78 is 117. The molecule has 4 rings (SSSR count). The van der Waals surface area contributed by atoms with E-state index < -0.39 is 51.8 Å².